The predicted molar refractivity (Wildman–Crippen MR) is 105 cm³/mol. The number of hydrogen-bond acceptors (Lipinski definition) is 6. The summed E-state index contributed by atoms with van der Waals surface area (Å²) in [6.07, 6.45) is 1.74. The number of carbonyl (C=O) groups is 1. The predicted octanol–water partition coefficient (Wildman–Crippen LogP) is 3.64. The van der Waals surface area contributed by atoms with Gasteiger partial charge in [-0.15, -0.1) is 0 Å². The Morgan fingerprint density at radius 2 is 2.14 bits per heavy atom. The molecule has 1 fully saturated rings. The van der Waals surface area contributed by atoms with Crippen LogP contribution in [0.4, 0.5) is 0 Å². The number of amides is 1. The van der Waals surface area contributed by atoms with E-state index in [1.807, 2.05) is 24.3 Å². The van der Waals surface area contributed by atoms with Crippen molar-refractivity contribution in [3.8, 4) is 23.3 Å². The highest BCUT2D eigenvalue weighted by Gasteiger charge is 2.29. The van der Waals surface area contributed by atoms with E-state index in [1.165, 1.54) is 0 Å². The number of nitrogens with zero attached hydrogens (tertiary/aromatic N) is 4. The first kappa shape index (κ1) is 18.7. The fourth-order valence-electron chi connectivity index (χ4n) is 3.61. The molecule has 0 saturated carbocycles. The van der Waals surface area contributed by atoms with Gasteiger partial charge in [-0.1, -0.05) is 23.4 Å². The number of likely N-dealkylation sites (tertiary alicyclic amines) is 1. The maximum absolute atomic E-state index is 12.9. The van der Waals surface area contributed by atoms with Crippen molar-refractivity contribution in [3.63, 3.8) is 0 Å². The number of piperidine rings is 1. The van der Waals surface area contributed by atoms with E-state index in [2.05, 4.69) is 16.2 Å². The van der Waals surface area contributed by atoms with Gasteiger partial charge in [0.05, 0.1) is 24.3 Å². The minimum Gasteiger partial charge on any atom is -0.496 e. The van der Waals surface area contributed by atoms with E-state index in [4.69, 9.17) is 14.5 Å². The monoisotopic (exact) mass is 388 g/mol. The molecule has 3 aromatic rings. The summed E-state index contributed by atoms with van der Waals surface area (Å²) < 4.78 is 10.8. The topological polar surface area (TPSA) is 92.2 Å². The van der Waals surface area contributed by atoms with Crippen molar-refractivity contribution in [3.05, 3.63) is 65.5 Å². The van der Waals surface area contributed by atoms with Gasteiger partial charge >= 0.3 is 0 Å². The average Bonchev–Trinajstić information content (AvgIpc) is 3.29. The zero-order chi connectivity index (χ0) is 20.2. The first-order valence-corrected chi connectivity index (χ1v) is 9.46. The minimum absolute atomic E-state index is 0.000874. The Balaban J connectivity index is 1.52. The number of ether oxygens (including phenoxy) is 1. The maximum Gasteiger partial charge on any atom is 0.261 e. The van der Waals surface area contributed by atoms with Gasteiger partial charge in [0, 0.05) is 24.6 Å². The molecule has 0 aliphatic carbocycles. The number of nitriles is 1. The second kappa shape index (κ2) is 8.15. The van der Waals surface area contributed by atoms with Crippen LogP contribution in [0.3, 0.4) is 0 Å². The van der Waals surface area contributed by atoms with Crippen molar-refractivity contribution >= 4 is 5.91 Å². The van der Waals surface area contributed by atoms with Crippen LogP contribution in [0.1, 0.15) is 40.5 Å². The minimum atomic E-state index is -0.0831. The van der Waals surface area contributed by atoms with Crippen molar-refractivity contribution in [2.75, 3.05) is 20.2 Å². The number of benzene rings is 2. The van der Waals surface area contributed by atoms with Crippen LogP contribution in [0, 0.1) is 11.3 Å². The Morgan fingerprint density at radius 3 is 2.97 bits per heavy atom. The van der Waals surface area contributed by atoms with Crippen LogP contribution in [0.2, 0.25) is 0 Å². The Hall–Kier alpha value is -3.66. The Bertz CT molecular complexity index is 1070. The number of carbonyl (C=O) groups excluding carboxylic acids is 1. The van der Waals surface area contributed by atoms with Crippen molar-refractivity contribution in [1.29, 1.82) is 5.26 Å². The van der Waals surface area contributed by atoms with E-state index in [-0.39, 0.29) is 11.8 Å². The lowest BCUT2D eigenvalue weighted by atomic mass is 9.96. The van der Waals surface area contributed by atoms with Gasteiger partial charge in [-0.2, -0.15) is 10.2 Å². The molecule has 29 heavy (non-hydrogen) atoms. The number of para-hydroxylation sites is 1. The van der Waals surface area contributed by atoms with Crippen LogP contribution in [0.15, 0.2) is 53.1 Å². The van der Waals surface area contributed by atoms with E-state index < -0.39 is 0 Å². The average molecular weight is 388 g/mol. The molecule has 1 amide bonds. The summed E-state index contributed by atoms with van der Waals surface area (Å²) >= 11 is 0. The van der Waals surface area contributed by atoms with E-state index in [1.54, 1.807) is 36.3 Å². The van der Waals surface area contributed by atoms with Crippen molar-refractivity contribution in [2.45, 2.75) is 18.8 Å². The summed E-state index contributed by atoms with van der Waals surface area (Å²) in [5, 5.41) is 13.2. The molecule has 0 spiro atoms. The van der Waals surface area contributed by atoms with Crippen LogP contribution >= 0.6 is 0 Å². The van der Waals surface area contributed by atoms with Gasteiger partial charge in [-0.3, -0.25) is 4.79 Å². The summed E-state index contributed by atoms with van der Waals surface area (Å²) in [4.78, 5) is 19.3. The zero-order valence-electron chi connectivity index (χ0n) is 16.0. The summed E-state index contributed by atoms with van der Waals surface area (Å²) in [6, 6.07) is 16.3. The molecule has 7 nitrogen and oxygen atoms in total. The smallest absolute Gasteiger partial charge is 0.261 e. The van der Waals surface area contributed by atoms with Crippen LogP contribution in [0.25, 0.3) is 11.5 Å². The number of aromatic nitrogens is 2. The zero-order valence-corrected chi connectivity index (χ0v) is 16.0. The molecule has 1 aromatic heterocycles. The molecule has 1 unspecified atom stereocenters. The van der Waals surface area contributed by atoms with Crippen molar-refractivity contribution in [2.24, 2.45) is 0 Å². The molecule has 146 valence electrons. The van der Waals surface area contributed by atoms with Gasteiger partial charge in [0.1, 0.15) is 5.75 Å². The molecule has 0 radical (unpaired) electrons. The van der Waals surface area contributed by atoms with Gasteiger partial charge in [-0.25, -0.2) is 0 Å². The molecule has 1 atom stereocenters. The fourth-order valence-corrected chi connectivity index (χ4v) is 3.61. The van der Waals surface area contributed by atoms with Crippen molar-refractivity contribution in [1.82, 2.24) is 15.0 Å². The third-order valence-electron chi connectivity index (χ3n) is 5.09. The number of rotatable bonds is 4. The van der Waals surface area contributed by atoms with Crippen LogP contribution in [-0.2, 0) is 0 Å². The Morgan fingerprint density at radius 1 is 1.28 bits per heavy atom. The molecule has 0 bridgehead atoms. The molecule has 2 heterocycles. The first-order valence-electron chi connectivity index (χ1n) is 9.46. The lowest BCUT2D eigenvalue weighted by Crippen LogP contribution is -2.39. The molecule has 1 aliphatic rings. The van der Waals surface area contributed by atoms with Crippen LogP contribution in [-0.4, -0.2) is 41.1 Å². The first-order chi connectivity index (χ1) is 14.2. The SMILES string of the molecule is COc1ccccc1-c1nc(C2CCCN(C(=O)c3cccc(C#N)c3)C2)no1. The maximum atomic E-state index is 12.9. The quantitative estimate of drug-likeness (QED) is 0.678. The second-order valence-corrected chi connectivity index (χ2v) is 6.94. The highest BCUT2D eigenvalue weighted by atomic mass is 16.5. The Kier molecular flexibility index (Phi) is 5.25. The number of methoxy groups -OCH3 is 1. The van der Waals surface area contributed by atoms with Gasteiger partial charge in [0.2, 0.25) is 0 Å². The standard InChI is InChI=1S/C22H20N4O3/c1-28-19-10-3-2-9-18(19)21-24-20(25-29-21)17-8-5-11-26(14-17)22(27)16-7-4-6-15(12-16)13-23/h2-4,6-7,9-10,12,17H,5,8,11,14H2,1H3. The van der Waals surface area contributed by atoms with E-state index in [9.17, 15) is 4.79 Å². The lowest BCUT2D eigenvalue weighted by molar-refractivity contribution is 0.0703. The van der Waals surface area contributed by atoms with E-state index in [0.717, 1.165) is 18.4 Å². The fraction of sp³-hybridized carbons (Fsp3) is 0.273. The lowest BCUT2D eigenvalue weighted by Gasteiger charge is -2.31. The Labute approximate surface area is 168 Å². The third kappa shape index (κ3) is 3.83. The van der Waals surface area contributed by atoms with Gasteiger partial charge in [0.15, 0.2) is 5.82 Å². The van der Waals surface area contributed by atoms with Crippen LogP contribution in [0.5, 0.6) is 5.75 Å². The molecule has 1 saturated heterocycles. The van der Waals surface area contributed by atoms with Gasteiger partial charge in [-0.05, 0) is 43.2 Å². The van der Waals surface area contributed by atoms with Crippen LogP contribution < -0.4 is 4.74 Å². The summed E-state index contributed by atoms with van der Waals surface area (Å²) in [6.45, 7) is 1.18. The summed E-state index contributed by atoms with van der Waals surface area (Å²) in [7, 11) is 1.60. The van der Waals surface area contributed by atoms with Gasteiger partial charge in [0.25, 0.3) is 11.8 Å². The van der Waals surface area contributed by atoms with E-state index >= 15 is 0 Å². The summed E-state index contributed by atoms with van der Waals surface area (Å²) in [5.74, 6) is 1.58. The third-order valence-corrected chi connectivity index (χ3v) is 5.09. The summed E-state index contributed by atoms with van der Waals surface area (Å²) in [5.41, 5.74) is 1.74. The molecule has 2 aromatic carbocycles. The molecular weight excluding hydrogens is 368 g/mol. The van der Waals surface area contributed by atoms with Gasteiger partial charge < -0.3 is 14.2 Å². The van der Waals surface area contributed by atoms with Crippen molar-refractivity contribution < 1.29 is 14.1 Å². The molecule has 0 N–H and O–H groups in total. The highest BCUT2D eigenvalue weighted by Crippen LogP contribution is 2.31. The molecule has 4 rings (SSSR count). The highest BCUT2D eigenvalue weighted by molar-refractivity contribution is 5.94. The molecular formula is C22H20N4O3. The van der Waals surface area contributed by atoms with E-state index in [0.29, 0.717) is 41.7 Å². The largest absolute Gasteiger partial charge is 0.496 e. The molecule has 1 aliphatic heterocycles. The second-order valence-electron chi connectivity index (χ2n) is 6.94. The molecule has 7 heteroatoms. The normalized spacial score (nSPS) is 16.3. The number of hydrogen-bond donors (Lipinski definition) is 0.